The van der Waals surface area contributed by atoms with Crippen molar-refractivity contribution in [1.29, 1.82) is 0 Å². The number of likely N-dealkylation sites (N-methyl/N-ethyl adjacent to an activating group) is 1. The van der Waals surface area contributed by atoms with Crippen molar-refractivity contribution in [2.24, 2.45) is 0 Å². The standard InChI is InChI=1S/C20H23ClN4S/c1-25(2)16(13-7-3-5-9-15(13)21)11-22-19-18-14-8-4-6-10-17(14)26-20(18)24-12-23-19/h3,5,7,9,12,16H,4,6,8,10-11H2,1-2H3,(H,22,23,24). The highest BCUT2D eigenvalue weighted by Crippen LogP contribution is 2.38. The molecule has 0 saturated carbocycles. The van der Waals surface area contributed by atoms with E-state index in [-0.39, 0.29) is 6.04 Å². The molecule has 0 fully saturated rings. The fourth-order valence-corrected chi connectivity index (χ4v) is 5.22. The predicted octanol–water partition coefficient (Wildman–Crippen LogP) is 4.94. The summed E-state index contributed by atoms with van der Waals surface area (Å²) in [5.41, 5.74) is 2.59. The molecular weight excluding hydrogens is 364 g/mol. The molecule has 6 heteroatoms. The van der Waals surface area contributed by atoms with E-state index in [2.05, 4.69) is 40.3 Å². The summed E-state index contributed by atoms with van der Waals surface area (Å²) in [6, 6.07) is 8.22. The van der Waals surface area contributed by atoms with E-state index in [1.54, 1.807) is 6.33 Å². The van der Waals surface area contributed by atoms with Gasteiger partial charge in [-0.1, -0.05) is 29.8 Å². The van der Waals surface area contributed by atoms with Gasteiger partial charge in [-0.2, -0.15) is 0 Å². The van der Waals surface area contributed by atoms with Crippen molar-refractivity contribution in [3.8, 4) is 0 Å². The van der Waals surface area contributed by atoms with Crippen molar-refractivity contribution in [1.82, 2.24) is 14.9 Å². The van der Waals surface area contributed by atoms with E-state index < -0.39 is 0 Å². The van der Waals surface area contributed by atoms with Gasteiger partial charge in [-0.15, -0.1) is 11.3 Å². The van der Waals surface area contributed by atoms with Crippen LogP contribution in [0.1, 0.15) is 34.9 Å². The average molecular weight is 387 g/mol. The topological polar surface area (TPSA) is 41.0 Å². The van der Waals surface area contributed by atoms with E-state index in [0.717, 1.165) is 34.2 Å². The Hall–Kier alpha value is -1.69. The van der Waals surface area contributed by atoms with Crippen molar-refractivity contribution in [2.75, 3.05) is 26.0 Å². The van der Waals surface area contributed by atoms with E-state index >= 15 is 0 Å². The molecule has 0 radical (unpaired) electrons. The maximum Gasteiger partial charge on any atom is 0.138 e. The second-order valence-corrected chi connectivity index (χ2v) is 8.49. The zero-order valence-electron chi connectivity index (χ0n) is 15.1. The number of fused-ring (bicyclic) bond motifs is 3. The molecule has 3 aromatic rings. The van der Waals surface area contributed by atoms with Crippen molar-refractivity contribution >= 4 is 39.0 Å². The van der Waals surface area contributed by atoms with Crippen LogP contribution in [0.3, 0.4) is 0 Å². The van der Waals surface area contributed by atoms with Crippen molar-refractivity contribution in [3.63, 3.8) is 0 Å². The third-order valence-electron chi connectivity index (χ3n) is 5.10. The molecule has 0 amide bonds. The second-order valence-electron chi connectivity index (χ2n) is 7.00. The number of hydrogen-bond donors (Lipinski definition) is 1. The summed E-state index contributed by atoms with van der Waals surface area (Å²) in [6.45, 7) is 0.744. The molecule has 1 N–H and O–H groups in total. The molecule has 136 valence electrons. The Labute approximate surface area is 163 Å². The summed E-state index contributed by atoms with van der Waals surface area (Å²) in [5.74, 6) is 0.952. The minimum Gasteiger partial charge on any atom is -0.367 e. The van der Waals surface area contributed by atoms with Crippen LogP contribution in [0.15, 0.2) is 30.6 Å². The Balaban J connectivity index is 1.64. The van der Waals surface area contributed by atoms with E-state index in [1.807, 2.05) is 29.5 Å². The SMILES string of the molecule is CN(C)C(CNc1ncnc2sc3c(c12)CCCC3)c1ccccc1Cl. The van der Waals surface area contributed by atoms with Gasteiger partial charge in [0.15, 0.2) is 0 Å². The van der Waals surface area contributed by atoms with Crippen LogP contribution in [-0.4, -0.2) is 35.5 Å². The van der Waals surface area contributed by atoms with E-state index in [9.17, 15) is 0 Å². The van der Waals surface area contributed by atoms with E-state index in [1.165, 1.54) is 35.1 Å². The van der Waals surface area contributed by atoms with Gasteiger partial charge in [0.2, 0.25) is 0 Å². The molecule has 0 aliphatic heterocycles. The number of nitrogens with zero attached hydrogens (tertiary/aromatic N) is 3. The molecule has 4 rings (SSSR count). The summed E-state index contributed by atoms with van der Waals surface area (Å²) < 4.78 is 0. The summed E-state index contributed by atoms with van der Waals surface area (Å²) >= 11 is 8.27. The molecule has 0 saturated heterocycles. The normalized spacial score (nSPS) is 15.2. The van der Waals surface area contributed by atoms with Gasteiger partial charge in [-0.05, 0) is 57.0 Å². The lowest BCUT2D eigenvalue weighted by molar-refractivity contribution is 0.312. The number of aryl methyl sites for hydroxylation is 2. The molecule has 1 atom stereocenters. The zero-order chi connectivity index (χ0) is 18.1. The minimum absolute atomic E-state index is 0.170. The first-order valence-electron chi connectivity index (χ1n) is 9.05. The maximum absolute atomic E-state index is 6.44. The summed E-state index contributed by atoms with van der Waals surface area (Å²) in [5, 5.41) is 5.61. The van der Waals surface area contributed by atoms with Crippen molar-refractivity contribution in [3.05, 3.63) is 51.6 Å². The lowest BCUT2D eigenvalue weighted by Crippen LogP contribution is -2.27. The number of rotatable bonds is 5. The Bertz CT molecular complexity index is 921. The molecule has 0 spiro atoms. The van der Waals surface area contributed by atoms with Crippen molar-refractivity contribution < 1.29 is 0 Å². The largest absolute Gasteiger partial charge is 0.367 e. The van der Waals surface area contributed by atoms with Gasteiger partial charge in [-0.25, -0.2) is 9.97 Å². The average Bonchev–Trinajstić information content (AvgIpc) is 3.02. The van der Waals surface area contributed by atoms with Crippen LogP contribution in [0.25, 0.3) is 10.2 Å². The van der Waals surface area contributed by atoms with Crippen LogP contribution >= 0.6 is 22.9 Å². The van der Waals surface area contributed by atoms with E-state index in [0.29, 0.717) is 0 Å². The minimum atomic E-state index is 0.170. The predicted molar refractivity (Wildman–Crippen MR) is 110 cm³/mol. The molecule has 2 aromatic heterocycles. The van der Waals surface area contributed by atoms with Gasteiger partial charge < -0.3 is 10.2 Å². The number of hydrogen-bond acceptors (Lipinski definition) is 5. The Morgan fingerprint density at radius 1 is 1.19 bits per heavy atom. The zero-order valence-corrected chi connectivity index (χ0v) is 16.7. The highest BCUT2D eigenvalue weighted by Gasteiger charge is 2.21. The van der Waals surface area contributed by atoms with Crippen LogP contribution in [0, 0.1) is 0 Å². The first-order valence-corrected chi connectivity index (χ1v) is 10.2. The number of halogens is 1. The van der Waals surface area contributed by atoms with Gasteiger partial charge in [0.25, 0.3) is 0 Å². The number of nitrogens with one attached hydrogen (secondary N) is 1. The highest BCUT2D eigenvalue weighted by molar-refractivity contribution is 7.19. The molecule has 4 nitrogen and oxygen atoms in total. The number of anilines is 1. The fourth-order valence-electron chi connectivity index (χ4n) is 3.73. The van der Waals surface area contributed by atoms with Gasteiger partial charge >= 0.3 is 0 Å². The third-order valence-corrected chi connectivity index (χ3v) is 6.65. The summed E-state index contributed by atoms with van der Waals surface area (Å²) in [6.07, 6.45) is 6.53. The van der Waals surface area contributed by atoms with Crippen molar-refractivity contribution in [2.45, 2.75) is 31.7 Å². The smallest absolute Gasteiger partial charge is 0.138 e. The molecule has 26 heavy (non-hydrogen) atoms. The van der Waals surface area contributed by atoms with Crippen LogP contribution in [-0.2, 0) is 12.8 Å². The third kappa shape index (κ3) is 3.31. The molecule has 1 aromatic carbocycles. The second kappa shape index (κ2) is 7.51. The summed E-state index contributed by atoms with van der Waals surface area (Å²) in [4.78, 5) is 13.9. The monoisotopic (exact) mass is 386 g/mol. The fraction of sp³-hybridized carbons (Fsp3) is 0.400. The molecule has 1 aliphatic carbocycles. The quantitative estimate of drug-likeness (QED) is 0.674. The lowest BCUT2D eigenvalue weighted by atomic mass is 9.97. The molecular formula is C20H23ClN4S. The Morgan fingerprint density at radius 3 is 2.81 bits per heavy atom. The number of benzene rings is 1. The van der Waals surface area contributed by atoms with Crippen LogP contribution in [0.4, 0.5) is 5.82 Å². The first-order chi connectivity index (χ1) is 12.6. The van der Waals surface area contributed by atoms with E-state index in [4.69, 9.17) is 11.6 Å². The molecule has 2 heterocycles. The lowest BCUT2D eigenvalue weighted by Gasteiger charge is -2.26. The molecule has 0 bridgehead atoms. The van der Waals surface area contributed by atoms with Crippen LogP contribution in [0.5, 0.6) is 0 Å². The number of thiophene rings is 1. The van der Waals surface area contributed by atoms with Gasteiger partial charge in [-0.3, -0.25) is 0 Å². The Morgan fingerprint density at radius 2 is 2.00 bits per heavy atom. The summed E-state index contributed by atoms with van der Waals surface area (Å²) in [7, 11) is 4.16. The van der Waals surface area contributed by atoms with Gasteiger partial charge in [0.05, 0.1) is 11.4 Å². The number of aromatic nitrogens is 2. The maximum atomic E-state index is 6.44. The highest BCUT2D eigenvalue weighted by atomic mass is 35.5. The molecule has 1 unspecified atom stereocenters. The molecule has 1 aliphatic rings. The van der Waals surface area contributed by atoms with Gasteiger partial charge in [0.1, 0.15) is 17.0 Å². The van der Waals surface area contributed by atoms with Gasteiger partial charge in [0, 0.05) is 16.4 Å². The first kappa shape index (κ1) is 17.7. The van der Waals surface area contributed by atoms with Crippen LogP contribution in [0.2, 0.25) is 5.02 Å². The Kier molecular flexibility index (Phi) is 5.11. The van der Waals surface area contributed by atoms with Crippen LogP contribution < -0.4 is 5.32 Å².